The highest BCUT2D eigenvalue weighted by Crippen LogP contribution is 2.33. The third-order valence-electron chi connectivity index (χ3n) is 2.31. The number of aromatic nitrogens is 4. The number of amides is 1. The Morgan fingerprint density at radius 1 is 1.33 bits per heavy atom. The van der Waals surface area contributed by atoms with Gasteiger partial charge in [-0.3, -0.25) is 4.79 Å². The second-order valence-electron chi connectivity index (χ2n) is 3.86. The molecule has 0 saturated carbocycles. The summed E-state index contributed by atoms with van der Waals surface area (Å²) in [4.78, 5) is 11.5. The maximum absolute atomic E-state index is 11.8. The SMILES string of the molecule is NS(=O)(=O)c1cc(Cl)c(NC(=O)Cn2cnnn2)c(Cl)c1. The minimum absolute atomic E-state index is 0.0587. The highest BCUT2D eigenvalue weighted by atomic mass is 35.5. The average Bonchev–Trinajstić information content (AvgIpc) is 2.85. The van der Waals surface area contributed by atoms with Crippen molar-refractivity contribution in [2.45, 2.75) is 11.4 Å². The van der Waals surface area contributed by atoms with Crippen LogP contribution in [0.2, 0.25) is 10.0 Å². The van der Waals surface area contributed by atoms with Crippen molar-refractivity contribution in [2.75, 3.05) is 5.32 Å². The predicted octanol–water partition coefficient (Wildman–Crippen LogP) is 0.266. The molecule has 0 spiro atoms. The zero-order valence-corrected chi connectivity index (χ0v) is 12.5. The fraction of sp³-hybridized carbons (Fsp3) is 0.111. The van der Waals surface area contributed by atoms with Gasteiger partial charge in [0.25, 0.3) is 0 Å². The van der Waals surface area contributed by atoms with Crippen LogP contribution in [0.15, 0.2) is 23.4 Å². The lowest BCUT2D eigenvalue weighted by Crippen LogP contribution is -2.20. The van der Waals surface area contributed by atoms with Crippen molar-refractivity contribution < 1.29 is 13.2 Å². The van der Waals surface area contributed by atoms with E-state index in [9.17, 15) is 13.2 Å². The van der Waals surface area contributed by atoms with Crippen LogP contribution in [-0.4, -0.2) is 34.5 Å². The first-order valence-electron chi connectivity index (χ1n) is 5.30. The van der Waals surface area contributed by atoms with Crippen molar-refractivity contribution in [3.05, 3.63) is 28.5 Å². The van der Waals surface area contributed by atoms with Gasteiger partial charge in [-0.25, -0.2) is 18.2 Å². The zero-order valence-electron chi connectivity index (χ0n) is 10.2. The lowest BCUT2D eigenvalue weighted by Gasteiger charge is -2.10. The molecule has 1 amide bonds. The molecule has 21 heavy (non-hydrogen) atoms. The number of anilines is 1. The standard InChI is InChI=1S/C9H8Cl2N6O3S/c10-6-1-5(21(12,19)20)2-7(11)9(6)14-8(18)3-17-4-13-15-16-17/h1-2,4H,3H2,(H,14,18)(H2,12,19,20). The molecule has 0 radical (unpaired) electrons. The molecule has 1 aromatic heterocycles. The second-order valence-corrected chi connectivity index (χ2v) is 6.24. The number of rotatable bonds is 4. The van der Waals surface area contributed by atoms with Crippen LogP contribution in [0, 0.1) is 0 Å². The Hall–Kier alpha value is -1.75. The summed E-state index contributed by atoms with van der Waals surface area (Å²) in [6, 6.07) is 2.19. The van der Waals surface area contributed by atoms with Gasteiger partial charge in [-0.2, -0.15) is 0 Å². The van der Waals surface area contributed by atoms with Crippen molar-refractivity contribution in [3.63, 3.8) is 0 Å². The van der Waals surface area contributed by atoms with Gasteiger partial charge in [-0.1, -0.05) is 23.2 Å². The number of sulfonamides is 1. The average molecular weight is 351 g/mol. The van der Waals surface area contributed by atoms with Crippen molar-refractivity contribution in [3.8, 4) is 0 Å². The molecule has 112 valence electrons. The molecule has 1 heterocycles. The van der Waals surface area contributed by atoms with Gasteiger partial charge in [0.15, 0.2) is 0 Å². The first-order chi connectivity index (χ1) is 9.77. The Kier molecular flexibility index (Phi) is 4.42. The van der Waals surface area contributed by atoms with E-state index in [2.05, 4.69) is 20.8 Å². The normalized spacial score (nSPS) is 11.4. The molecule has 0 bridgehead atoms. The highest BCUT2D eigenvalue weighted by molar-refractivity contribution is 7.89. The minimum atomic E-state index is -3.95. The maximum Gasteiger partial charge on any atom is 0.246 e. The van der Waals surface area contributed by atoms with Gasteiger partial charge in [0, 0.05) is 0 Å². The lowest BCUT2D eigenvalue weighted by molar-refractivity contribution is -0.116. The number of tetrazole rings is 1. The molecule has 0 atom stereocenters. The summed E-state index contributed by atoms with van der Waals surface area (Å²) in [6.07, 6.45) is 1.26. The predicted molar refractivity (Wildman–Crippen MR) is 74.3 cm³/mol. The summed E-state index contributed by atoms with van der Waals surface area (Å²) in [5, 5.41) is 17.6. The number of carbonyl (C=O) groups excluding carboxylic acids is 1. The van der Waals surface area contributed by atoms with Crippen molar-refractivity contribution >= 4 is 44.8 Å². The quantitative estimate of drug-likeness (QED) is 0.812. The Morgan fingerprint density at radius 3 is 2.43 bits per heavy atom. The van der Waals surface area contributed by atoms with Crippen LogP contribution < -0.4 is 10.5 Å². The number of nitrogens with two attached hydrogens (primary N) is 1. The van der Waals surface area contributed by atoms with E-state index >= 15 is 0 Å². The summed E-state index contributed by atoms with van der Waals surface area (Å²) < 4.78 is 23.7. The molecule has 0 aliphatic rings. The van der Waals surface area contributed by atoms with Crippen LogP contribution in [0.1, 0.15) is 0 Å². The summed E-state index contributed by atoms with van der Waals surface area (Å²) >= 11 is 11.8. The number of carbonyl (C=O) groups is 1. The third-order valence-corrected chi connectivity index (χ3v) is 3.79. The monoisotopic (exact) mass is 350 g/mol. The number of nitrogens with one attached hydrogen (secondary N) is 1. The van der Waals surface area contributed by atoms with Crippen LogP contribution in [0.5, 0.6) is 0 Å². The number of halogens is 2. The van der Waals surface area contributed by atoms with E-state index < -0.39 is 15.9 Å². The Morgan fingerprint density at radius 2 is 1.95 bits per heavy atom. The van der Waals surface area contributed by atoms with E-state index in [0.717, 1.165) is 12.1 Å². The van der Waals surface area contributed by atoms with E-state index in [1.54, 1.807) is 0 Å². The van der Waals surface area contributed by atoms with Crippen LogP contribution in [0.3, 0.4) is 0 Å². The van der Waals surface area contributed by atoms with Crippen molar-refractivity contribution in [1.82, 2.24) is 20.2 Å². The number of nitrogens with zero attached hydrogens (tertiary/aromatic N) is 4. The fourth-order valence-corrected chi connectivity index (χ4v) is 2.69. The number of hydrogen-bond acceptors (Lipinski definition) is 6. The van der Waals surface area contributed by atoms with Crippen molar-refractivity contribution in [1.29, 1.82) is 0 Å². The smallest absolute Gasteiger partial charge is 0.246 e. The molecule has 2 aromatic rings. The fourth-order valence-electron chi connectivity index (χ4n) is 1.41. The number of benzene rings is 1. The van der Waals surface area contributed by atoms with E-state index in [0.29, 0.717) is 0 Å². The molecule has 12 heteroatoms. The Balaban J connectivity index is 2.23. The van der Waals surface area contributed by atoms with Gasteiger partial charge >= 0.3 is 0 Å². The summed E-state index contributed by atoms with van der Waals surface area (Å²) in [7, 11) is -3.95. The highest BCUT2D eigenvalue weighted by Gasteiger charge is 2.16. The molecular formula is C9H8Cl2N6O3S. The number of primary sulfonamides is 1. The first kappa shape index (κ1) is 15.6. The van der Waals surface area contributed by atoms with Gasteiger partial charge in [0.1, 0.15) is 12.9 Å². The van der Waals surface area contributed by atoms with E-state index in [1.165, 1.54) is 11.0 Å². The van der Waals surface area contributed by atoms with Gasteiger partial charge in [0.2, 0.25) is 15.9 Å². The summed E-state index contributed by atoms with van der Waals surface area (Å²) in [6.45, 7) is -0.156. The molecule has 0 aliphatic heterocycles. The second kappa shape index (κ2) is 5.93. The van der Waals surface area contributed by atoms with Crippen LogP contribution in [0.4, 0.5) is 5.69 Å². The molecule has 9 nitrogen and oxygen atoms in total. The summed E-state index contributed by atoms with van der Waals surface area (Å²) in [5.41, 5.74) is 0.0730. The van der Waals surface area contributed by atoms with Crippen LogP contribution in [0.25, 0.3) is 0 Å². The molecule has 0 aliphatic carbocycles. The molecule has 2 rings (SSSR count). The van der Waals surface area contributed by atoms with E-state index in [1.807, 2.05) is 0 Å². The van der Waals surface area contributed by atoms with E-state index in [-0.39, 0.29) is 27.2 Å². The van der Waals surface area contributed by atoms with Crippen LogP contribution >= 0.6 is 23.2 Å². The van der Waals surface area contributed by atoms with Crippen LogP contribution in [-0.2, 0) is 21.4 Å². The first-order valence-corrected chi connectivity index (χ1v) is 7.60. The van der Waals surface area contributed by atoms with Gasteiger partial charge < -0.3 is 5.32 Å². The molecular weight excluding hydrogens is 343 g/mol. The molecule has 0 unspecified atom stereocenters. The molecule has 3 N–H and O–H groups in total. The maximum atomic E-state index is 11.8. The Bertz CT molecular complexity index is 754. The zero-order chi connectivity index (χ0) is 15.6. The van der Waals surface area contributed by atoms with E-state index in [4.69, 9.17) is 28.3 Å². The topological polar surface area (TPSA) is 133 Å². The minimum Gasteiger partial charge on any atom is -0.322 e. The van der Waals surface area contributed by atoms with Gasteiger partial charge in [-0.15, -0.1) is 5.10 Å². The molecule has 1 aromatic carbocycles. The van der Waals surface area contributed by atoms with Gasteiger partial charge in [-0.05, 0) is 22.6 Å². The molecule has 0 fully saturated rings. The number of hydrogen-bond donors (Lipinski definition) is 2. The third kappa shape index (κ3) is 3.88. The summed E-state index contributed by atoms with van der Waals surface area (Å²) in [5.74, 6) is -0.491. The van der Waals surface area contributed by atoms with Gasteiger partial charge in [0.05, 0.1) is 20.6 Å². The van der Waals surface area contributed by atoms with Crippen molar-refractivity contribution in [2.24, 2.45) is 5.14 Å². The largest absolute Gasteiger partial charge is 0.322 e. The Labute approximate surface area is 129 Å². The molecule has 0 saturated heterocycles. The lowest BCUT2D eigenvalue weighted by atomic mass is 10.3.